The molecule has 1 aromatic carbocycles. The number of piperazine rings is 1. The lowest BCUT2D eigenvalue weighted by atomic mass is 9.79. The van der Waals surface area contributed by atoms with Gasteiger partial charge in [0.15, 0.2) is 5.65 Å². The fourth-order valence-electron chi connectivity index (χ4n) is 4.63. The number of benzene rings is 1. The largest absolute Gasteiger partial charge is 0.494 e. The summed E-state index contributed by atoms with van der Waals surface area (Å²) in [5.74, 6) is 0. The van der Waals surface area contributed by atoms with Crippen molar-refractivity contribution in [2.45, 2.75) is 51.9 Å². The Labute approximate surface area is 201 Å². The Kier molecular flexibility index (Phi) is 6.04. The third-order valence-electron chi connectivity index (χ3n) is 7.47. The Morgan fingerprint density at radius 2 is 1.68 bits per heavy atom. The van der Waals surface area contributed by atoms with Gasteiger partial charge < -0.3 is 14.2 Å². The maximum Gasteiger partial charge on any atom is 0.494 e. The van der Waals surface area contributed by atoms with Crippen LogP contribution in [0, 0.1) is 0 Å². The molecule has 34 heavy (non-hydrogen) atoms. The van der Waals surface area contributed by atoms with Gasteiger partial charge in [0.05, 0.1) is 11.2 Å². The molecule has 8 nitrogen and oxygen atoms in total. The van der Waals surface area contributed by atoms with E-state index >= 15 is 0 Å². The lowest BCUT2D eigenvalue weighted by molar-refractivity contribution is 0.00578. The average molecular weight is 463 g/mol. The first-order valence-corrected chi connectivity index (χ1v) is 12.2. The van der Waals surface area contributed by atoms with Gasteiger partial charge >= 0.3 is 12.8 Å². The van der Waals surface area contributed by atoms with Crippen LogP contribution in [0.3, 0.4) is 0 Å². The molecule has 2 aliphatic rings. The van der Waals surface area contributed by atoms with E-state index in [9.17, 15) is 4.79 Å². The zero-order chi connectivity index (χ0) is 23.9. The van der Waals surface area contributed by atoms with Gasteiger partial charge in [0.2, 0.25) is 0 Å². The highest BCUT2D eigenvalue weighted by Gasteiger charge is 2.51. The second-order valence-corrected chi connectivity index (χ2v) is 10.3. The molecule has 5 rings (SSSR count). The number of hydrogen-bond donors (Lipinski definition) is 0. The molecule has 0 spiro atoms. The van der Waals surface area contributed by atoms with E-state index in [2.05, 4.69) is 66.9 Å². The van der Waals surface area contributed by atoms with Crippen LogP contribution in [0.4, 0.5) is 5.69 Å². The molecule has 180 valence electrons. The molecule has 9 heteroatoms. The second-order valence-electron chi connectivity index (χ2n) is 10.3. The Balaban J connectivity index is 1.14. The summed E-state index contributed by atoms with van der Waals surface area (Å²) in [7, 11) is -0.339. The molecule has 2 fully saturated rings. The van der Waals surface area contributed by atoms with Crippen LogP contribution in [0.25, 0.3) is 5.65 Å². The first-order valence-electron chi connectivity index (χ1n) is 12.2. The molecule has 0 amide bonds. The fraction of sp³-hybridized carbons (Fsp3) is 0.520. The summed E-state index contributed by atoms with van der Waals surface area (Å²) in [4.78, 5) is 17.3. The average Bonchev–Trinajstić information content (AvgIpc) is 3.26. The molecule has 4 heterocycles. The second kappa shape index (κ2) is 8.87. The summed E-state index contributed by atoms with van der Waals surface area (Å²) < 4.78 is 15.6. The van der Waals surface area contributed by atoms with E-state index in [1.165, 1.54) is 5.69 Å². The molecule has 3 aromatic rings. The minimum absolute atomic E-state index is 0.0673. The summed E-state index contributed by atoms with van der Waals surface area (Å²) in [6.45, 7) is 13.9. The molecule has 0 unspecified atom stereocenters. The van der Waals surface area contributed by atoms with Crippen LogP contribution < -0.4 is 16.1 Å². The van der Waals surface area contributed by atoms with E-state index in [1.54, 1.807) is 15.3 Å². The number of pyridine rings is 1. The van der Waals surface area contributed by atoms with Crippen molar-refractivity contribution in [3.05, 3.63) is 59.1 Å². The lowest BCUT2D eigenvalue weighted by Gasteiger charge is -2.36. The minimum Gasteiger partial charge on any atom is -0.399 e. The van der Waals surface area contributed by atoms with Crippen LogP contribution in [0.1, 0.15) is 34.1 Å². The van der Waals surface area contributed by atoms with E-state index in [0.29, 0.717) is 12.2 Å². The summed E-state index contributed by atoms with van der Waals surface area (Å²) in [6, 6.07) is 14.2. The lowest BCUT2D eigenvalue weighted by Crippen LogP contribution is -2.47. The predicted molar refractivity (Wildman–Crippen MR) is 135 cm³/mol. The monoisotopic (exact) mass is 463 g/mol. The summed E-state index contributed by atoms with van der Waals surface area (Å²) in [5.41, 5.74) is 2.23. The summed E-state index contributed by atoms with van der Waals surface area (Å²) in [6.07, 6.45) is 2.67. The highest BCUT2D eigenvalue weighted by Crippen LogP contribution is 2.36. The van der Waals surface area contributed by atoms with E-state index in [0.717, 1.165) is 44.6 Å². The third kappa shape index (κ3) is 4.40. The smallest absolute Gasteiger partial charge is 0.399 e. The molecule has 0 N–H and O–H groups in total. The summed E-state index contributed by atoms with van der Waals surface area (Å²) >= 11 is 0. The van der Waals surface area contributed by atoms with Crippen LogP contribution in [0.5, 0.6) is 0 Å². The van der Waals surface area contributed by atoms with Crippen LogP contribution >= 0.6 is 0 Å². The van der Waals surface area contributed by atoms with Crippen LogP contribution in [0.15, 0.2) is 53.5 Å². The van der Waals surface area contributed by atoms with E-state index < -0.39 is 0 Å². The Hall–Kier alpha value is -2.62. The van der Waals surface area contributed by atoms with Crippen molar-refractivity contribution >= 4 is 23.9 Å². The topological polar surface area (TPSA) is 64.2 Å². The van der Waals surface area contributed by atoms with Crippen molar-refractivity contribution in [2.24, 2.45) is 0 Å². The SMILES string of the molecule is CC1(C)OB(c2cccc(N3CCN(CCCn4nc5ccccn5c4=O)CC3)c2)OC1(C)C. The first kappa shape index (κ1) is 23.1. The van der Waals surface area contributed by atoms with E-state index in [-0.39, 0.29) is 24.0 Å². The highest BCUT2D eigenvalue weighted by atomic mass is 16.7. The fourth-order valence-corrected chi connectivity index (χ4v) is 4.63. The van der Waals surface area contributed by atoms with E-state index in [4.69, 9.17) is 9.31 Å². The molecule has 2 aliphatic heterocycles. The van der Waals surface area contributed by atoms with Gasteiger partial charge in [0.25, 0.3) is 0 Å². The molecule has 0 saturated carbocycles. The number of aryl methyl sites for hydroxylation is 1. The number of rotatable bonds is 6. The Morgan fingerprint density at radius 3 is 2.38 bits per heavy atom. The summed E-state index contributed by atoms with van der Waals surface area (Å²) in [5, 5.41) is 4.43. The van der Waals surface area contributed by atoms with Crippen molar-refractivity contribution in [3.8, 4) is 0 Å². The van der Waals surface area contributed by atoms with Gasteiger partial charge in [-0.05, 0) is 63.8 Å². The van der Waals surface area contributed by atoms with Gasteiger partial charge in [-0.3, -0.25) is 9.30 Å². The van der Waals surface area contributed by atoms with Gasteiger partial charge in [-0.25, -0.2) is 9.48 Å². The van der Waals surface area contributed by atoms with Crippen molar-refractivity contribution in [1.29, 1.82) is 0 Å². The minimum atomic E-state index is -0.340. The molecule has 2 saturated heterocycles. The van der Waals surface area contributed by atoms with Crippen molar-refractivity contribution in [3.63, 3.8) is 0 Å². The molecule has 0 atom stereocenters. The number of fused-ring (bicyclic) bond motifs is 1. The van der Waals surface area contributed by atoms with Gasteiger partial charge in [-0.2, -0.15) is 0 Å². The van der Waals surface area contributed by atoms with Crippen LogP contribution in [-0.4, -0.2) is 70.1 Å². The van der Waals surface area contributed by atoms with Crippen LogP contribution in [0.2, 0.25) is 0 Å². The van der Waals surface area contributed by atoms with Gasteiger partial charge in [-0.15, -0.1) is 5.10 Å². The van der Waals surface area contributed by atoms with Crippen molar-refractivity contribution < 1.29 is 9.31 Å². The van der Waals surface area contributed by atoms with Crippen LogP contribution in [-0.2, 0) is 15.9 Å². The highest BCUT2D eigenvalue weighted by molar-refractivity contribution is 6.62. The van der Waals surface area contributed by atoms with Gasteiger partial charge in [0, 0.05) is 51.2 Å². The zero-order valence-electron chi connectivity index (χ0n) is 20.6. The third-order valence-corrected chi connectivity index (χ3v) is 7.47. The first-order chi connectivity index (χ1) is 16.2. The quantitative estimate of drug-likeness (QED) is 0.522. The normalized spacial score (nSPS) is 20.4. The number of nitrogens with zero attached hydrogens (tertiary/aromatic N) is 5. The molecule has 0 radical (unpaired) electrons. The van der Waals surface area contributed by atoms with Gasteiger partial charge in [-0.1, -0.05) is 18.2 Å². The number of aromatic nitrogens is 3. The molecule has 0 aliphatic carbocycles. The molecule has 2 aromatic heterocycles. The molecular weight excluding hydrogens is 429 g/mol. The molecular formula is C25H34BN5O3. The zero-order valence-corrected chi connectivity index (χ0v) is 20.6. The predicted octanol–water partition coefficient (Wildman–Crippen LogP) is 2.01. The molecule has 0 bridgehead atoms. The Bertz CT molecular complexity index is 1200. The standard InChI is InChI=1S/C25H34BN5O3/c1-24(2)25(3,4)34-26(33-24)20-9-7-10-21(19-20)29-17-15-28(16-18-29)12-8-14-31-23(32)30-13-6-5-11-22(30)27-31/h5-7,9-11,13,19H,8,12,14-18H2,1-4H3. The maximum absolute atomic E-state index is 12.4. The van der Waals surface area contributed by atoms with Crippen molar-refractivity contribution in [1.82, 2.24) is 19.1 Å². The Morgan fingerprint density at radius 1 is 0.941 bits per heavy atom. The van der Waals surface area contributed by atoms with E-state index in [1.807, 2.05) is 18.2 Å². The number of hydrogen-bond acceptors (Lipinski definition) is 6. The van der Waals surface area contributed by atoms with Crippen molar-refractivity contribution in [2.75, 3.05) is 37.6 Å². The van der Waals surface area contributed by atoms with Gasteiger partial charge in [0.1, 0.15) is 0 Å². The number of anilines is 1. The maximum atomic E-state index is 12.4.